The van der Waals surface area contributed by atoms with Gasteiger partial charge in [0, 0.05) is 17.1 Å². The Labute approximate surface area is 108 Å². The Morgan fingerprint density at radius 1 is 1.59 bits per heavy atom. The van der Waals surface area contributed by atoms with Gasteiger partial charge in [0.05, 0.1) is 5.56 Å². The normalized spacial score (nSPS) is 12.2. The van der Waals surface area contributed by atoms with E-state index >= 15 is 0 Å². The highest BCUT2D eigenvalue weighted by Crippen LogP contribution is 2.18. The van der Waals surface area contributed by atoms with Crippen molar-refractivity contribution >= 4 is 21.8 Å². The zero-order valence-corrected chi connectivity index (χ0v) is 11.1. The second kappa shape index (κ2) is 6.71. The highest BCUT2D eigenvalue weighted by atomic mass is 79.9. The molecule has 0 heterocycles. The van der Waals surface area contributed by atoms with Gasteiger partial charge in [-0.3, -0.25) is 4.79 Å². The highest BCUT2D eigenvalue weighted by molar-refractivity contribution is 9.10. The lowest BCUT2D eigenvalue weighted by molar-refractivity contribution is 0.0928. The lowest BCUT2D eigenvalue weighted by Gasteiger charge is -2.16. The number of hydrogen-bond acceptors (Lipinski definition) is 2. The molecule has 0 aliphatic carbocycles. The molecule has 3 nitrogen and oxygen atoms in total. The lowest BCUT2D eigenvalue weighted by Crippen LogP contribution is -2.35. The van der Waals surface area contributed by atoms with Crippen LogP contribution in [0.25, 0.3) is 0 Å². The second-order valence-electron chi connectivity index (χ2n) is 3.72. The monoisotopic (exact) mass is 303 g/mol. The van der Waals surface area contributed by atoms with E-state index in [0.717, 1.165) is 6.42 Å². The molecule has 0 fully saturated rings. The van der Waals surface area contributed by atoms with Crippen molar-refractivity contribution in [1.82, 2.24) is 5.32 Å². The molecule has 0 bridgehead atoms. The molecule has 0 saturated heterocycles. The van der Waals surface area contributed by atoms with Crippen LogP contribution in [0.4, 0.5) is 4.39 Å². The van der Waals surface area contributed by atoms with Gasteiger partial charge in [0.1, 0.15) is 5.82 Å². The van der Waals surface area contributed by atoms with Gasteiger partial charge in [-0.05, 0) is 47.0 Å². The van der Waals surface area contributed by atoms with Crippen molar-refractivity contribution in [1.29, 1.82) is 0 Å². The van der Waals surface area contributed by atoms with Crippen LogP contribution in [0.1, 0.15) is 30.1 Å². The summed E-state index contributed by atoms with van der Waals surface area (Å²) in [5.74, 6) is -0.787. The molecule has 1 aromatic carbocycles. The van der Waals surface area contributed by atoms with Crippen molar-refractivity contribution in [2.75, 3.05) is 6.61 Å². The molecule has 5 heteroatoms. The molecule has 1 amide bonds. The second-order valence-corrected chi connectivity index (χ2v) is 4.57. The number of benzene rings is 1. The average molecular weight is 304 g/mol. The minimum absolute atomic E-state index is 0.0170. The smallest absolute Gasteiger partial charge is 0.252 e. The Balaban J connectivity index is 2.78. The summed E-state index contributed by atoms with van der Waals surface area (Å²) in [6, 6.07) is 3.87. The zero-order valence-electron chi connectivity index (χ0n) is 9.54. The first-order valence-corrected chi connectivity index (χ1v) is 6.24. The van der Waals surface area contributed by atoms with Gasteiger partial charge in [0.2, 0.25) is 0 Å². The van der Waals surface area contributed by atoms with E-state index in [1.165, 1.54) is 18.2 Å². The van der Waals surface area contributed by atoms with E-state index in [1.807, 2.05) is 6.92 Å². The summed E-state index contributed by atoms with van der Waals surface area (Å²) in [7, 11) is 0. The number of halogens is 2. The van der Waals surface area contributed by atoms with Gasteiger partial charge < -0.3 is 10.4 Å². The van der Waals surface area contributed by atoms with Crippen molar-refractivity contribution < 1.29 is 14.3 Å². The molecule has 0 saturated carbocycles. The average Bonchev–Trinajstić information content (AvgIpc) is 2.31. The Hall–Kier alpha value is -0.940. The number of hydrogen-bond donors (Lipinski definition) is 2. The summed E-state index contributed by atoms with van der Waals surface area (Å²) in [5, 5.41) is 11.6. The molecule has 0 spiro atoms. The van der Waals surface area contributed by atoms with Gasteiger partial charge in [-0.15, -0.1) is 0 Å². The summed E-state index contributed by atoms with van der Waals surface area (Å²) in [5.41, 5.74) is 0.265. The van der Waals surface area contributed by atoms with Gasteiger partial charge in [0.25, 0.3) is 5.91 Å². The largest absolute Gasteiger partial charge is 0.396 e. The fourth-order valence-electron chi connectivity index (χ4n) is 1.47. The first-order valence-electron chi connectivity index (χ1n) is 5.45. The molecule has 2 N–H and O–H groups in total. The summed E-state index contributed by atoms with van der Waals surface area (Å²) in [6.07, 6.45) is 1.22. The maximum absolute atomic E-state index is 13.0. The molecule has 94 valence electrons. The van der Waals surface area contributed by atoms with Crippen molar-refractivity contribution in [3.8, 4) is 0 Å². The van der Waals surface area contributed by atoms with Gasteiger partial charge in [-0.1, -0.05) is 6.92 Å². The predicted octanol–water partition coefficient (Wildman–Crippen LogP) is 2.48. The number of carbonyl (C=O) groups excluding carboxylic acids is 1. The molecule has 0 aromatic heterocycles. The number of rotatable bonds is 5. The Kier molecular flexibility index (Phi) is 5.58. The molecule has 1 aromatic rings. The Morgan fingerprint density at radius 3 is 2.88 bits per heavy atom. The topological polar surface area (TPSA) is 49.3 Å². The fraction of sp³-hybridized carbons (Fsp3) is 0.417. The summed E-state index contributed by atoms with van der Waals surface area (Å²) in [6.45, 7) is 1.93. The Morgan fingerprint density at radius 2 is 2.29 bits per heavy atom. The van der Waals surface area contributed by atoms with Crippen LogP contribution < -0.4 is 5.32 Å². The van der Waals surface area contributed by atoms with Crippen molar-refractivity contribution in [3.05, 3.63) is 34.1 Å². The van der Waals surface area contributed by atoms with Gasteiger partial charge in [-0.2, -0.15) is 0 Å². The van der Waals surface area contributed by atoms with E-state index in [-0.39, 0.29) is 24.1 Å². The summed E-state index contributed by atoms with van der Waals surface area (Å²) in [4.78, 5) is 11.9. The van der Waals surface area contributed by atoms with Crippen LogP contribution >= 0.6 is 15.9 Å². The molecule has 17 heavy (non-hydrogen) atoms. The first kappa shape index (κ1) is 14.1. The molecular weight excluding hydrogens is 289 g/mol. The van der Waals surface area contributed by atoms with Crippen LogP contribution in [0.3, 0.4) is 0 Å². The van der Waals surface area contributed by atoms with E-state index in [0.29, 0.717) is 10.9 Å². The molecular formula is C12H15BrFNO2. The molecule has 0 radical (unpaired) electrons. The quantitative estimate of drug-likeness (QED) is 0.878. The van der Waals surface area contributed by atoms with E-state index in [1.54, 1.807) is 0 Å². The SMILES string of the molecule is CCC(CCO)NC(=O)c1cc(F)ccc1Br. The van der Waals surface area contributed by atoms with Gasteiger partial charge in [-0.25, -0.2) is 4.39 Å². The van der Waals surface area contributed by atoms with E-state index in [2.05, 4.69) is 21.2 Å². The molecule has 1 atom stereocenters. The Bertz CT molecular complexity index is 398. The van der Waals surface area contributed by atoms with Crippen LogP contribution in [0.15, 0.2) is 22.7 Å². The molecule has 1 unspecified atom stereocenters. The van der Waals surface area contributed by atoms with E-state index in [4.69, 9.17) is 5.11 Å². The third-order valence-electron chi connectivity index (χ3n) is 2.48. The van der Waals surface area contributed by atoms with Gasteiger partial charge in [0.15, 0.2) is 0 Å². The maximum atomic E-state index is 13.0. The van der Waals surface area contributed by atoms with Crippen LogP contribution in [-0.2, 0) is 0 Å². The lowest BCUT2D eigenvalue weighted by atomic mass is 10.1. The minimum atomic E-state index is -0.450. The molecule has 1 rings (SSSR count). The standard InChI is InChI=1S/C12H15BrFNO2/c1-2-9(5-6-16)15-12(17)10-7-8(14)3-4-11(10)13/h3-4,7,9,16H,2,5-6H2,1H3,(H,15,17). The minimum Gasteiger partial charge on any atom is -0.396 e. The third kappa shape index (κ3) is 4.09. The van der Waals surface area contributed by atoms with E-state index in [9.17, 15) is 9.18 Å². The first-order chi connectivity index (χ1) is 8.08. The highest BCUT2D eigenvalue weighted by Gasteiger charge is 2.14. The van der Waals surface area contributed by atoms with Crippen LogP contribution in [-0.4, -0.2) is 23.7 Å². The van der Waals surface area contributed by atoms with Crippen LogP contribution in [0, 0.1) is 5.82 Å². The summed E-state index contributed by atoms with van der Waals surface area (Å²) < 4.78 is 13.6. The number of amides is 1. The molecule has 0 aliphatic rings. The number of nitrogens with one attached hydrogen (secondary N) is 1. The molecule has 0 aliphatic heterocycles. The number of aliphatic hydroxyl groups is 1. The number of aliphatic hydroxyl groups excluding tert-OH is 1. The zero-order chi connectivity index (χ0) is 12.8. The fourth-order valence-corrected chi connectivity index (χ4v) is 1.90. The number of carbonyl (C=O) groups is 1. The van der Waals surface area contributed by atoms with Crippen molar-refractivity contribution in [2.24, 2.45) is 0 Å². The van der Waals surface area contributed by atoms with Crippen molar-refractivity contribution in [3.63, 3.8) is 0 Å². The van der Waals surface area contributed by atoms with Crippen LogP contribution in [0.2, 0.25) is 0 Å². The summed E-state index contributed by atoms with van der Waals surface area (Å²) >= 11 is 3.20. The third-order valence-corrected chi connectivity index (χ3v) is 3.17. The van der Waals surface area contributed by atoms with Crippen molar-refractivity contribution in [2.45, 2.75) is 25.8 Å². The van der Waals surface area contributed by atoms with Gasteiger partial charge >= 0.3 is 0 Å². The van der Waals surface area contributed by atoms with Crippen LogP contribution in [0.5, 0.6) is 0 Å². The maximum Gasteiger partial charge on any atom is 0.252 e. The van der Waals surface area contributed by atoms with E-state index < -0.39 is 5.82 Å². The predicted molar refractivity (Wildman–Crippen MR) is 67.3 cm³/mol.